The lowest BCUT2D eigenvalue weighted by Crippen LogP contribution is -2.35. The Bertz CT molecular complexity index is 784. The Kier molecular flexibility index (Phi) is 5.91. The first-order valence-electron chi connectivity index (χ1n) is 7.39. The number of hydrogen-bond acceptors (Lipinski definition) is 3. The molecule has 2 N–H and O–H groups in total. The van der Waals surface area contributed by atoms with Crippen molar-refractivity contribution in [2.24, 2.45) is 0 Å². The summed E-state index contributed by atoms with van der Waals surface area (Å²) in [5.74, 6) is 0.813. The summed E-state index contributed by atoms with van der Waals surface area (Å²) in [4.78, 5) is 24.2. The highest BCUT2D eigenvalue weighted by molar-refractivity contribution is 6.42. The first kappa shape index (κ1) is 18.4. The number of carbonyl (C=O) groups is 2. The average Bonchev–Trinajstić information content (AvgIpc) is 2.79. The number of amides is 2. The number of halogens is 2. The maximum atomic E-state index is 12.2. The molecule has 0 bridgehead atoms. The minimum Gasteiger partial charge on any atom is -0.466 e. The third kappa shape index (κ3) is 4.10. The van der Waals surface area contributed by atoms with Gasteiger partial charge in [0.05, 0.1) is 15.6 Å². The van der Waals surface area contributed by atoms with Gasteiger partial charge in [0.2, 0.25) is 0 Å². The minimum absolute atomic E-state index is 0.217. The number of nitrogens with one attached hydrogen (secondary N) is 2. The van der Waals surface area contributed by atoms with Gasteiger partial charge in [-0.15, -0.1) is 0 Å². The van der Waals surface area contributed by atoms with E-state index in [1.807, 2.05) is 13.8 Å². The third-order valence-electron chi connectivity index (χ3n) is 3.67. The SMILES string of the molecule is Cc1oc(C)c(C(=O)NCCNC(=O)c2ccc(Cl)c(Cl)c2)c1C. The maximum absolute atomic E-state index is 12.2. The van der Waals surface area contributed by atoms with E-state index in [9.17, 15) is 9.59 Å². The number of hydrogen-bond donors (Lipinski definition) is 2. The van der Waals surface area contributed by atoms with Crippen molar-refractivity contribution in [1.82, 2.24) is 10.6 Å². The molecule has 24 heavy (non-hydrogen) atoms. The molecule has 2 aromatic rings. The summed E-state index contributed by atoms with van der Waals surface area (Å²) in [7, 11) is 0. The number of aryl methyl sites for hydroxylation is 2. The van der Waals surface area contributed by atoms with Crippen LogP contribution in [0.2, 0.25) is 10.0 Å². The van der Waals surface area contributed by atoms with E-state index in [-0.39, 0.29) is 11.8 Å². The minimum atomic E-state index is -0.283. The van der Waals surface area contributed by atoms with Gasteiger partial charge in [0.1, 0.15) is 11.5 Å². The zero-order chi connectivity index (χ0) is 17.9. The van der Waals surface area contributed by atoms with E-state index < -0.39 is 0 Å². The fourth-order valence-electron chi connectivity index (χ4n) is 2.31. The fraction of sp³-hybridized carbons (Fsp3) is 0.294. The lowest BCUT2D eigenvalue weighted by Gasteiger charge is -2.08. The zero-order valence-electron chi connectivity index (χ0n) is 13.6. The van der Waals surface area contributed by atoms with Gasteiger partial charge in [-0.1, -0.05) is 23.2 Å². The molecule has 5 nitrogen and oxygen atoms in total. The van der Waals surface area contributed by atoms with Gasteiger partial charge < -0.3 is 15.1 Å². The van der Waals surface area contributed by atoms with E-state index in [2.05, 4.69) is 10.6 Å². The molecule has 0 fully saturated rings. The van der Waals surface area contributed by atoms with Crippen LogP contribution >= 0.6 is 23.2 Å². The Labute approximate surface area is 150 Å². The molecule has 2 rings (SSSR count). The Balaban J connectivity index is 1.85. The van der Waals surface area contributed by atoms with Crippen LogP contribution in [0.25, 0.3) is 0 Å². The molecule has 0 spiro atoms. The Morgan fingerprint density at radius 3 is 2.12 bits per heavy atom. The molecular formula is C17H18Cl2N2O3. The van der Waals surface area contributed by atoms with Crippen molar-refractivity contribution < 1.29 is 14.0 Å². The monoisotopic (exact) mass is 368 g/mol. The van der Waals surface area contributed by atoms with E-state index in [0.717, 1.165) is 11.3 Å². The number of rotatable bonds is 5. The zero-order valence-corrected chi connectivity index (χ0v) is 15.1. The Morgan fingerprint density at radius 2 is 1.58 bits per heavy atom. The molecule has 2 amide bonds. The lowest BCUT2D eigenvalue weighted by molar-refractivity contribution is 0.0926. The summed E-state index contributed by atoms with van der Waals surface area (Å²) >= 11 is 11.7. The highest BCUT2D eigenvalue weighted by Gasteiger charge is 2.18. The molecule has 0 saturated carbocycles. The van der Waals surface area contributed by atoms with Gasteiger partial charge >= 0.3 is 0 Å². The van der Waals surface area contributed by atoms with Crippen LogP contribution in [0.4, 0.5) is 0 Å². The molecule has 0 atom stereocenters. The van der Waals surface area contributed by atoms with E-state index in [0.29, 0.717) is 40.0 Å². The molecule has 0 aliphatic heterocycles. The van der Waals surface area contributed by atoms with Crippen LogP contribution in [0.15, 0.2) is 22.6 Å². The van der Waals surface area contributed by atoms with Crippen molar-refractivity contribution >= 4 is 35.0 Å². The van der Waals surface area contributed by atoms with E-state index >= 15 is 0 Å². The Morgan fingerprint density at radius 1 is 0.958 bits per heavy atom. The van der Waals surface area contributed by atoms with Crippen molar-refractivity contribution in [1.29, 1.82) is 0 Å². The largest absolute Gasteiger partial charge is 0.466 e. The third-order valence-corrected chi connectivity index (χ3v) is 4.41. The summed E-state index contributed by atoms with van der Waals surface area (Å²) in [5, 5.41) is 6.18. The van der Waals surface area contributed by atoms with Gasteiger partial charge in [-0.2, -0.15) is 0 Å². The molecule has 1 aromatic heterocycles. The first-order valence-corrected chi connectivity index (χ1v) is 8.15. The van der Waals surface area contributed by atoms with Crippen LogP contribution in [-0.4, -0.2) is 24.9 Å². The van der Waals surface area contributed by atoms with E-state index in [1.165, 1.54) is 6.07 Å². The summed E-state index contributed by atoms with van der Waals surface area (Å²) in [6.45, 7) is 6.00. The summed E-state index contributed by atoms with van der Waals surface area (Å²) < 4.78 is 5.44. The summed E-state index contributed by atoms with van der Waals surface area (Å²) in [5.41, 5.74) is 1.78. The van der Waals surface area contributed by atoms with Gasteiger partial charge in [0, 0.05) is 24.2 Å². The van der Waals surface area contributed by atoms with Gasteiger partial charge in [-0.3, -0.25) is 9.59 Å². The quantitative estimate of drug-likeness (QED) is 0.790. The van der Waals surface area contributed by atoms with Crippen molar-refractivity contribution in [3.63, 3.8) is 0 Å². The molecular weight excluding hydrogens is 351 g/mol. The Hall–Kier alpha value is -1.98. The second-order valence-corrected chi connectivity index (χ2v) is 6.17. The number of carbonyl (C=O) groups excluding carboxylic acids is 2. The van der Waals surface area contributed by atoms with Crippen LogP contribution in [0.1, 0.15) is 37.8 Å². The molecule has 0 aliphatic carbocycles. The van der Waals surface area contributed by atoms with Crippen LogP contribution in [0, 0.1) is 20.8 Å². The molecule has 1 heterocycles. The summed E-state index contributed by atoms with van der Waals surface area (Å²) in [6.07, 6.45) is 0. The number of benzene rings is 1. The average molecular weight is 369 g/mol. The van der Waals surface area contributed by atoms with Crippen LogP contribution in [-0.2, 0) is 0 Å². The smallest absolute Gasteiger partial charge is 0.255 e. The van der Waals surface area contributed by atoms with Crippen LogP contribution < -0.4 is 10.6 Å². The molecule has 1 aromatic carbocycles. The van der Waals surface area contributed by atoms with E-state index in [4.69, 9.17) is 27.6 Å². The van der Waals surface area contributed by atoms with Crippen molar-refractivity contribution in [2.75, 3.05) is 13.1 Å². The normalized spacial score (nSPS) is 10.5. The highest BCUT2D eigenvalue weighted by Crippen LogP contribution is 2.22. The molecule has 0 radical (unpaired) electrons. The van der Waals surface area contributed by atoms with E-state index in [1.54, 1.807) is 19.1 Å². The van der Waals surface area contributed by atoms with Gasteiger partial charge in [-0.05, 0) is 39.0 Å². The van der Waals surface area contributed by atoms with Crippen LogP contribution in [0.5, 0.6) is 0 Å². The maximum Gasteiger partial charge on any atom is 0.255 e. The topological polar surface area (TPSA) is 71.3 Å². The van der Waals surface area contributed by atoms with Crippen LogP contribution in [0.3, 0.4) is 0 Å². The second kappa shape index (κ2) is 7.73. The molecule has 0 saturated heterocycles. The molecule has 0 aliphatic rings. The standard InChI is InChI=1S/C17H18Cl2N2O3/c1-9-10(2)24-11(3)15(9)17(23)21-7-6-20-16(22)12-4-5-13(18)14(19)8-12/h4-5,8H,6-7H2,1-3H3,(H,20,22)(H,21,23). The van der Waals surface area contributed by atoms with Crippen molar-refractivity contribution in [3.8, 4) is 0 Å². The fourth-order valence-corrected chi connectivity index (χ4v) is 2.61. The predicted octanol–water partition coefficient (Wildman–Crippen LogP) is 3.67. The molecule has 128 valence electrons. The van der Waals surface area contributed by atoms with Gasteiger partial charge in [0.25, 0.3) is 11.8 Å². The predicted molar refractivity (Wildman–Crippen MR) is 94.0 cm³/mol. The number of furan rings is 1. The van der Waals surface area contributed by atoms with Gasteiger partial charge in [0.15, 0.2) is 0 Å². The molecule has 7 heteroatoms. The first-order chi connectivity index (χ1) is 11.3. The summed E-state index contributed by atoms with van der Waals surface area (Å²) in [6, 6.07) is 4.65. The lowest BCUT2D eigenvalue weighted by atomic mass is 10.1. The van der Waals surface area contributed by atoms with Gasteiger partial charge in [-0.25, -0.2) is 0 Å². The molecule has 0 unspecified atom stereocenters. The van der Waals surface area contributed by atoms with Crippen molar-refractivity contribution in [3.05, 3.63) is 56.5 Å². The second-order valence-electron chi connectivity index (χ2n) is 5.36. The highest BCUT2D eigenvalue weighted by atomic mass is 35.5. The van der Waals surface area contributed by atoms with Crippen molar-refractivity contribution in [2.45, 2.75) is 20.8 Å².